The van der Waals surface area contributed by atoms with Crippen LogP contribution in [0.15, 0.2) is 18.2 Å². The molecule has 1 aliphatic carbocycles. The van der Waals surface area contributed by atoms with Gasteiger partial charge in [0.1, 0.15) is 18.6 Å². The predicted molar refractivity (Wildman–Crippen MR) is 65.7 cm³/mol. The number of hydrogen-bond donors (Lipinski definition) is 1. The van der Waals surface area contributed by atoms with Crippen LogP contribution in [0.1, 0.15) is 41.6 Å². The standard InChI is InChI=1S/C14H15F3O3/c15-14(16,17)11-7-10(8-18)3-4-12(11)20-9-13(19)5-1-2-6-13/h3-4,7-8,19H,1-2,5-6,9H2. The molecule has 1 aromatic rings. The maximum absolute atomic E-state index is 12.9. The predicted octanol–water partition coefficient (Wildman–Crippen LogP) is 3.20. The third-order valence-electron chi connectivity index (χ3n) is 3.48. The smallest absolute Gasteiger partial charge is 0.419 e. The van der Waals surface area contributed by atoms with Crippen LogP contribution in [-0.4, -0.2) is 23.6 Å². The van der Waals surface area contributed by atoms with Crippen molar-refractivity contribution in [2.45, 2.75) is 37.5 Å². The van der Waals surface area contributed by atoms with Crippen molar-refractivity contribution in [1.82, 2.24) is 0 Å². The average molecular weight is 288 g/mol. The largest absolute Gasteiger partial charge is 0.490 e. The second-order valence-corrected chi connectivity index (χ2v) is 5.09. The zero-order valence-electron chi connectivity index (χ0n) is 10.7. The monoisotopic (exact) mass is 288 g/mol. The van der Waals surface area contributed by atoms with Gasteiger partial charge in [-0.05, 0) is 31.0 Å². The van der Waals surface area contributed by atoms with E-state index in [1.807, 2.05) is 0 Å². The van der Waals surface area contributed by atoms with Gasteiger partial charge in [0, 0.05) is 5.56 Å². The first-order chi connectivity index (χ1) is 9.34. The van der Waals surface area contributed by atoms with E-state index in [0.29, 0.717) is 19.1 Å². The number of aliphatic hydroxyl groups is 1. The second-order valence-electron chi connectivity index (χ2n) is 5.09. The Labute approximate surface area is 114 Å². The molecular formula is C14H15F3O3. The quantitative estimate of drug-likeness (QED) is 0.865. The molecule has 0 spiro atoms. The molecule has 3 nitrogen and oxygen atoms in total. The van der Waals surface area contributed by atoms with E-state index in [1.165, 1.54) is 6.07 Å². The van der Waals surface area contributed by atoms with Gasteiger partial charge in [0.25, 0.3) is 0 Å². The number of aldehydes is 1. The molecular weight excluding hydrogens is 273 g/mol. The Hall–Kier alpha value is -1.56. The van der Waals surface area contributed by atoms with Gasteiger partial charge in [0.15, 0.2) is 0 Å². The highest BCUT2D eigenvalue weighted by atomic mass is 19.4. The normalized spacial score (nSPS) is 18.0. The molecule has 0 unspecified atom stereocenters. The van der Waals surface area contributed by atoms with Crippen molar-refractivity contribution >= 4 is 6.29 Å². The maximum Gasteiger partial charge on any atom is 0.419 e. The first-order valence-electron chi connectivity index (χ1n) is 6.36. The molecule has 6 heteroatoms. The fourth-order valence-corrected chi connectivity index (χ4v) is 2.36. The third kappa shape index (κ3) is 3.30. The van der Waals surface area contributed by atoms with Crippen LogP contribution < -0.4 is 4.74 Å². The zero-order valence-corrected chi connectivity index (χ0v) is 10.7. The minimum atomic E-state index is -4.60. The Kier molecular flexibility index (Phi) is 4.04. The molecule has 0 atom stereocenters. The van der Waals surface area contributed by atoms with E-state index in [4.69, 9.17) is 4.74 Å². The third-order valence-corrected chi connectivity index (χ3v) is 3.48. The van der Waals surface area contributed by atoms with E-state index in [-0.39, 0.29) is 17.9 Å². The van der Waals surface area contributed by atoms with Gasteiger partial charge in [-0.1, -0.05) is 12.8 Å². The molecule has 1 N–H and O–H groups in total. The van der Waals surface area contributed by atoms with E-state index >= 15 is 0 Å². The van der Waals surface area contributed by atoms with Crippen molar-refractivity contribution in [1.29, 1.82) is 0 Å². The molecule has 2 rings (SSSR count). The van der Waals surface area contributed by atoms with Crippen LogP contribution in [0.2, 0.25) is 0 Å². The molecule has 1 fully saturated rings. The van der Waals surface area contributed by atoms with Crippen molar-refractivity contribution in [3.05, 3.63) is 29.3 Å². The average Bonchev–Trinajstić information content (AvgIpc) is 2.82. The fourth-order valence-electron chi connectivity index (χ4n) is 2.36. The van der Waals surface area contributed by atoms with Crippen molar-refractivity contribution in [2.75, 3.05) is 6.61 Å². The topological polar surface area (TPSA) is 46.5 Å². The van der Waals surface area contributed by atoms with E-state index in [0.717, 1.165) is 25.0 Å². The molecule has 0 aliphatic heterocycles. The molecule has 0 amide bonds. The summed E-state index contributed by atoms with van der Waals surface area (Å²) in [4.78, 5) is 10.6. The van der Waals surface area contributed by atoms with Crippen LogP contribution >= 0.6 is 0 Å². The zero-order chi connectivity index (χ0) is 14.8. The van der Waals surface area contributed by atoms with Gasteiger partial charge < -0.3 is 9.84 Å². The highest BCUT2D eigenvalue weighted by Crippen LogP contribution is 2.38. The summed E-state index contributed by atoms with van der Waals surface area (Å²) in [7, 11) is 0. The molecule has 0 radical (unpaired) electrons. The molecule has 110 valence electrons. The number of hydrogen-bond acceptors (Lipinski definition) is 3. The minimum absolute atomic E-state index is 0.0655. The van der Waals surface area contributed by atoms with Crippen molar-refractivity contribution in [2.24, 2.45) is 0 Å². The van der Waals surface area contributed by atoms with E-state index in [1.54, 1.807) is 0 Å². The molecule has 0 bridgehead atoms. The number of rotatable bonds is 4. The Bertz CT molecular complexity index is 491. The maximum atomic E-state index is 12.9. The van der Waals surface area contributed by atoms with Crippen molar-refractivity contribution < 1.29 is 27.8 Å². The van der Waals surface area contributed by atoms with E-state index < -0.39 is 17.3 Å². The Morgan fingerprint density at radius 3 is 2.50 bits per heavy atom. The van der Waals surface area contributed by atoms with Crippen LogP contribution in [0.4, 0.5) is 13.2 Å². The summed E-state index contributed by atoms with van der Waals surface area (Å²) >= 11 is 0. The number of carbonyl (C=O) groups is 1. The van der Waals surface area contributed by atoms with Crippen LogP contribution in [0.5, 0.6) is 5.75 Å². The lowest BCUT2D eigenvalue weighted by molar-refractivity contribution is -0.139. The van der Waals surface area contributed by atoms with Crippen molar-refractivity contribution in [3.63, 3.8) is 0 Å². The van der Waals surface area contributed by atoms with Gasteiger partial charge in [-0.15, -0.1) is 0 Å². The first kappa shape index (κ1) is 14.8. The van der Waals surface area contributed by atoms with Gasteiger partial charge in [-0.25, -0.2) is 0 Å². The number of carbonyl (C=O) groups excluding carboxylic acids is 1. The summed E-state index contributed by atoms with van der Waals surface area (Å²) in [6.07, 6.45) is -1.51. The van der Waals surface area contributed by atoms with Crippen LogP contribution in [0.25, 0.3) is 0 Å². The Morgan fingerprint density at radius 2 is 1.95 bits per heavy atom. The second kappa shape index (κ2) is 5.44. The van der Waals surface area contributed by atoms with Gasteiger partial charge >= 0.3 is 6.18 Å². The Balaban J connectivity index is 2.20. The summed E-state index contributed by atoms with van der Waals surface area (Å²) < 4.78 is 43.9. The molecule has 20 heavy (non-hydrogen) atoms. The summed E-state index contributed by atoms with van der Waals surface area (Å²) in [5.41, 5.74) is -2.11. The number of alkyl halides is 3. The number of ether oxygens (including phenoxy) is 1. The summed E-state index contributed by atoms with van der Waals surface area (Å²) in [5.74, 6) is -0.358. The molecule has 1 aromatic carbocycles. The minimum Gasteiger partial charge on any atom is -0.490 e. The van der Waals surface area contributed by atoms with Gasteiger partial charge in [0.2, 0.25) is 0 Å². The SMILES string of the molecule is O=Cc1ccc(OCC2(O)CCCC2)c(C(F)(F)F)c1. The summed E-state index contributed by atoms with van der Waals surface area (Å²) in [5, 5.41) is 10.1. The molecule has 0 saturated heterocycles. The van der Waals surface area contributed by atoms with E-state index in [9.17, 15) is 23.1 Å². The molecule has 0 aromatic heterocycles. The van der Waals surface area contributed by atoms with Crippen LogP contribution in [0, 0.1) is 0 Å². The van der Waals surface area contributed by atoms with Crippen LogP contribution in [0.3, 0.4) is 0 Å². The molecule has 1 saturated carbocycles. The Morgan fingerprint density at radius 1 is 1.30 bits per heavy atom. The number of halogens is 3. The lowest BCUT2D eigenvalue weighted by atomic mass is 10.0. The van der Waals surface area contributed by atoms with Gasteiger partial charge in [0.05, 0.1) is 11.2 Å². The van der Waals surface area contributed by atoms with Gasteiger partial charge in [-0.3, -0.25) is 4.79 Å². The number of benzene rings is 1. The highest BCUT2D eigenvalue weighted by Gasteiger charge is 2.36. The first-order valence-corrected chi connectivity index (χ1v) is 6.36. The van der Waals surface area contributed by atoms with E-state index in [2.05, 4.69) is 0 Å². The molecule has 0 heterocycles. The van der Waals surface area contributed by atoms with Crippen LogP contribution in [-0.2, 0) is 6.18 Å². The lowest BCUT2D eigenvalue weighted by Gasteiger charge is -2.23. The summed E-state index contributed by atoms with van der Waals surface area (Å²) in [6, 6.07) is 3.13. The lowest BCUT2D eigenvalue weighted by Crippen LogP contribution is -2.32. The molecule has 1 aliphatic rings. The van der Waals surface area contributed by atoms with Crippen molar-refractivity contribution in [3.8, 4) is 5.75 Å². The highest BCUT2D eigenvalue weighted by molar-refractivity contribution is 5.75. The fraction of sp³-hybridized carbons (Fsp3) is 0.500. The van der Waals surface area contributed by atoms with Gasteiger partial charge in [-0.2, -0.15) is 13.2 Å². The summed E-state index contributed by atoms with van der Waals surface area (Å²) in [6.45, 7) is -0.170.